The fourth-order valence-electron chi connectivity index (χ4n) is 3.32. The lowest BCUT2D eigenvalue weighted by Gasteiger charge is -2.19. The third kappa shape index (κ3) is 8.24. The van der Waals surface area contributed by atoms with Crippen LogP contribution >= 0.6 is 0 Å². The molecule has 3 rings (SSSR count). The Hall–Kier alpha value is -3.14. The molecular weight excluding hydrogens is 464 g/mol. The summed E-state index contributed by atoms with van der Waals surface area (Å²) in [7, 11) is -3.66. The lowest BCUT2D eigenvalue weighted by Crippen LogP contribution is -2.32. The Balaban J connectivity index is 1.42. The van der Waals surface area contributed by atoms with Crippen molar-refractivity contribution in [1.29, 1.82) is 0 Å². The summed E-state index contributed by atoms with van der Waals surface area (Å²) in [6, 6.07) is 17.6. The van der Waals surface area contributed by atoms with Crippen LogP contribution in [0, 0.1) is 0 Å². The summed E-state index contributed by atoms with van der Waals surface area (Å²) in [5.74, 6) is 0.965. The van der Waals surface area contributed by atoms with E-state index in [0.717, 1.165) is 17.5 Å². The van der Waals surface area contributed by atoms with Crippen molar-refractivity contribution in [3.63, 3.8) is 0 Å². The molecule has 188 valence electrons. The maximum atomic E-state index is 12.7. The van der Waals surface area contributed by atoms with Crippen LogP contribution in [-0.2, 0) is 21.9 Å². The van der Waals surface area contributed by atoms with Gasteiger partial charge in [-0.3, -0.25) is 4.72 Å². The third-order valence-corrected chi connectivity index (χ3v) is 6.81. The third-order valence-electron chi connectivity index (χ3n) is 5.41. The Kier molecular flexibility index (Phi) is 8.71. The SMILES string of the molecule is CC(C)(C)c1ccc(S(=O)(=O)Nc2ccc(CCNCC(O)COc3ccc(N)nc3)cc2)cc1. The minimum atomic E-state index is -3.66. The summed E-state index contributed by atoms with van der Waals surface area (Å²) in [4.78, 5) is 4.17. The van der Waals surface area contributed by atoms with Crippen LogP contribution in [0.2, 0.25) is 0 Å². The second-order valence-corrected chi connectivity index (χ2v) is 11.1. The highest BCUT2D eigenvalue weighted by atomic mass is 32.2. The lowest BCUT2D eigenvalue weighted by molar-refractivity contribution is 0.106. The van der Waals surface area contributed by atoms with Gasteiger partial charge < -0.3 is 20.9 Å². The molecule has 1 unspecified atom stereocenters. The average Bonchev–Trinajstić information content (AvgIpc) is 2.82. The molecule has 35 heavy (non-hydrogen) atoms. The maximum absolute atomic E-state index is 12.7. The van der Waals surface area contributed by atoms with Gasteiger partial charge in [0.25, 0.3) is 10.0 Å². The summed E-state index contributed by atoms with van der Waals surface area (Å²) < 4.78 is 33.5. The fraction of sp³-hybridized carbons (Fsp3) is 0.346. The van der Waals surface area contributed by atoms with Gasteiger partial charge in [-0.15, -0.1) is 0 Å². The van der Waals surface area contributed by atoms with Crippen LogP contribution in [0.25, 0.3) is 0 Å². The molecule has 0 saturated heterocycles. The molecule has 3 aromatic rings. The molecule has 0 aliphatic carbocycles. The molecule has 9 heteroatoms. The van der Waals surface area contributed by atoms with E-state index in [1.807, 2.05) is 24.3 Å². The van der Waals surface area contributed by atoms with Crippen LogP contribution < -0.4 is 20.5 Å². The number of benzene rings is 2. The minimum Gasteiger partial charge on any atom is -0.489 e. The molecule has 0 aliphatic heterocycles. The second-order valence-electron chi connectivity index (χ2n) is 9.41. The maximum Gasteiger partial charge on any atom is 0.261 e. The van der Waals surface area contributed by atoms with Crippen molar-refractivity contribution >= 4 is 21.5 Å². The summed E-state index contributed by atoms with van der Waals surface area (Å²) in [5.41, 5.74) is 8.12. The number of sulfonamides is 1. The number of nitrogen functional groups attached to an aromatic ring is 1. The van der Waals surface area contributed by atoms with Gasteiger partial charge in [0.1, 0.15) is 24.3 Å². The molecule has 0 fully saturated rings. The van der Waals surface area contributed by atoms with Crippen molar-refractivity contribution in [2.24, 2.45) is 0 Å². The van der Waals surface area contributed by atoms with E-state index >= 15 is 0 Å². The van der Waals surface area contributed by atoms with Gasteiger partial charge in [0.2, 0.25) is 0 Å². The van der Waals surface area contributed by atoms with E-state index in [-0.39, 0.29) is 16.9 Å². The molecular formula is C26H34N4O4S. The van der Waals surface area contributed by atoms with Gasteiger partial charge in [0.15, 0.2) is 0 Å². The largest absolute Gasteiger partial charge is 0.489 e. The van der Waals surface area contributed by atoms with E-state index in [1.54, 1.807) is 36.4 Å². The van der Waals surface area contributed by atoms with Gasteiger partial charge >= 0.3 is 0 Å². The van der Waals surface area contributed by atoms with Crippen molar-refractivity contribution in [2.45, 2.75) is 43.6 Å². The van der Waals surface area contributed by atoms with Crippen LogP contribution in [-0.4, -0.2) is 44.3 Å². The van der Waals surface area contributed by atoms with Crippen LogP contribution in [0.3, 0.4) is 0 Å². The van der Waals surface area contributed by atoms with Crippen molar-refractivity contribution in [3.8, 4) is 5.75 Å². The molecule has 0 spiro atoms. The van der Waals surface area contributed by atoms with E-state index in [2.05, 4.69) is 35.8 Å². The average molecular weight is 499 g/mol. The molecule has 0 amide bonds. The Morgan fingerprint density at radius 2 is 1.71 bits per heavy atom. The van der Waals surface area contributed by atoms with Crippen LogP contribution in [0.15, 0.2) is 71.8 Å². The predicted molar refractivity (Wildman–Crippen MR) is 139 cm³/mol. The number of nitrogens with one attached hydrogen (secondary N) is 2. The lowest BCUT2D eigenvalue weighted by atomic mass is 9.87. The van der Waals surface area contributed by atoms with Gasteiger partial charge in [0, 0.05) is 12.2 Å². The normalized spacial score (nSPS) is 12.8. The number of aliphatic hydroxyl groups excluding tert-OH is 1. The van der Waals surface area contributed by atoms with Crippen LogP contribution in [0.4, 0.5) is 11.5 Å². The molecule has 0 radical (unpaired) electrons. The first-order chi connectivity index (χ1) is 16.5. The summed E-state index contributed by atoms with van der Waals surface area (Å²) in [6.45, 7) is 7.45. The molecule has 5 N–H and O–H groups in total. The number of anilines is 2. The van der Waals surface area contributed by atoms with Crippen molar-refractivity contribution in [1.82, 2.24) is 10.3 Å². The van der Waals surface area contributed by atoms with Gasteiger partial charge in [-0.25, -0.2) is 13.4 Å². The highest BCUT2D eigenvalue weighted by molar-refractivity contribution is 7.92. The Bertz CT molecular complexity index is 1170. The van der Waals surface area contributed by atoms with Crippen molar-refractivity contribution < 1.29 is 18.3 Å². The topological polar surface area (TPSA) is 127 Å². The Morgan fingerprint density at radius 3 is 2.31 bits per heavy atom. The van der Waals surface area contributed by atoms with E-state index in [9.17, 15) is 13.5 Å². The molecule has 8 nitrogen and oxygen atoms in total. The molecule has 0 bridgehead atoms. The number of nitrogens with zero attached hydrogens (tertiary/aromatic N) is 1. The number of ether oxygens (including phenoxy) is 1. The van der Waals surface area contributed by atoms with Crippen molar-refractivity contribution in [2.75, 3.05) is 30.2 Å². The van der Waals surface area contributed by atoms with Crippen LogP contribution in [0.5, 0.6) is 5.75 Å². The number of hydrogen-bond donors (Lipinski definition) is 4. The van der Waals surface area contributed by atoms with Crippen molar-refractivity contribution in [3.05, 3.63) is 78.0 Å². The first-order valence-corrected chi connectivity index (χ1v) is 13.0. The number of pyridine rings is 1. The molecule has 1 heterocycles. The zero-order valence-electron chi connectivity index (χ0n) is 20.4. The molecule has 1 aromatic heterocycles. The molecule has 1 atom stereocenters. The first kappa shape index (κ1) is 26.5. The standard InChI is InChI=1S/C26H34N4O4S/c1-26(2,3)20-6-11-24(12-7-20)35(32,33)30-21-8-4-19(5-9-21)14-15-28-16-22(31)18-34-23-10-13-25(27)29-17-23/h4-13,17,22,28,30-31H,14-16,18H2,1-3H3,(H2,27,29). The molecule has 0 saturated carbocycles. The minimum absolute atomic E-state index is 0.0401. The molecule has 2 aromatic carbocycles. The Labute approximate surface area is 207 Å². The number of aliphatic hydroxyl groups is 1. The van der Waals surface area contributed by atoms with E-state index in [0.29, 0.717) is 30.3 Å². The number of rotatable bonds is 11. The Morgan fingerprint density at radius 1 is 1.03 bits per heavy atom. The van der Waals surface area contributed by atoms with Crippen LogP contribution in [0.1, 0.15) is 31.9 Å². The fourth-order valence-corrected chi connectivity index (χ4v) is 4.38. The number of nitrogens with two attached hydrogens (primary N) is 1. The van der Waals surface area contributed by atoms with Gasteiger partial charge in [0.05, 0.1) is 11.1 Å². The highest BCUT2D eigenvalue weighted by Crippen LogP contribution is 2.24. The number of aromatic nitrogens is 1. The zero-order valence-corrected chi connectivity index (χ0v) is 21.2. The quantitative estimate of drug-likeness (QED) is 0.299. The van der Waals surface area contributed by atoms with Gasteiger partial charge in [-0.1, -0.05) is 45.0 Å². The smallest absolute Gasteiger partial charge is 0.261 e. The van der Waals surface area contributed by atoms with E-state index < -0.39 is 16.1 Å². The summed E-state index contributed by atoms with van der Waals surface area (Å²) in [5, 5.41) is 13.2. The van der Waals surface area contributed by atoms with Gasteiger partial charge in [-0.2, -0.15) is 0 Å². The second kappa shape index (κ2) is 11.5. The summed E-state index contributed by atoms with van der Waals surface area (Å²) in [6.07, 6.45) is 1.58. The zero-order chi connectivity index (χ0) is 25.5. The predicted octanol–water partition coefficient (Wildman–Crippen LogP) is 3.33. The molecule has 0 aliphatic rings. The monoisotopic (exact) mass is 498 g/mol. The summed E-state index contributed by atoms with van der Waals surface area (Å²) >= 11 is 0. The first-order valence-electron chi connectivity index (χ1n) is 11.5. The van der Waals surface area contributed by atoms with E-state index in [1.165, 1.54) is 6.20 Å². The van der Waals surface area contributed by atoms with Gasteiger partial charge in [-0.05, 0) is 65.9 Å². The van der Waals surface area contributed by atoms with E-state index in [4.69, 9.17) is 10.5 Å². The highest BCUT2D eigenvalue weighted by Gasteiger charge is 2.17. The number of hydrogen-bond acceptors (Lipinski definition) is 7.